The molecule has 1 aliphatic carbocycles. The average molecular weight is 259 g/mol. The van der Waals surface area contributed by atoms with Crippen molar-refractivity contribution in [1.82, 2.24) is 5.32 Å². The van der Waals surface area contributed by atoms with Crippen LogP contribution in [0.25, 0.3) is 0 Å². The van der Waals surface area contributed by atoms with Gasteiger partial charge in [0.25, 0.3) is 0 Å². The first-order valence-corrected chi connectivity index (χ1v) is 6.86. The number of nitrogens with one attached hydrogen (secondary N) is 1. The molecule has 0 spiro atoms. The van der Waals surface area contributed by atoms with Gasteiger partial charge in [0.05, 0.1) is 6.04 Å². The van der Waals surface area contributed by atoms with Crippen LogP contribution in [0.3, 0.4) is 0 Å². The molecule has 1 N–H and O–H groups in total. The maximum atomic E-state index is 11.8. The maximum absolute atomic E-state index is 11.8. The van der Waals surface area contributed by atoms with E-state index in [9.17, 15) is 4.79 Å². The lowest BCUT2D eigenvalue weighted by Crippen LogP contribution is -2.34. The number of rotatable bonds is 1. The first kappa shape index (κ1) is 14.0. The quantitative estimate of drug-likeness (QED) is 0.780. The lowest BCUT2D eigenvalue weighted by Gasteiger charge is -2.22. The largest absolute Gasteiger partial charge is 0.444 e. The zero-order chi connectivity index (χ0) is 14.2. The Kier molecular flexibility index (Phi) is 3.61. The number of alkyl carbamates (subject to hydrolysis) is 1. The van der Waals surface area contributed by atoms with E-state index in [1.54, 1.807) is 0 Å². The smallest absolute Gasteiger partial charge is 0.408 e. The molecule has 0 saturated heterocycles. The van der Waals surface area contributed by atoms with E-state index in [4.69, 9.17) is 4.74 Å². The highest BCUT2D eigenvalue weighted by molar-refractivity contribution is 6.33. The fraction of sp³-hybridized carbons (Fsp3) is 0.533. The van der Waals surface area contributed by atoms with Gasteiger partial charge in [-0.15, -0.1) is 0 Å². The van der Waals surface area contributed by atoms with Gasteiger partial charge in [0, 0.05) is 0 Å². The summed E-state index contributed by atoms with van der Waals surface area (Å²) >= 11 is 0. The number of benzene rings is 1. The van der Waals surface area contributed by atoms with Crippen LogP contribution in [0.1, 0.15) is 49.9 Å². The Labute approximate surface area is 116 Å². The van der Waals surface area contributed by atoms with E-state index in [-0.39, 0.29) is 12.1 Å². The lowest BCUT2D eigenvalue weighted by atomic mass is 9.87. The van der Waals surface area contributed by atoms with E-state index in [2.05, 4.69) is 32.2 Å². The highest BCUT2D eigenvalue weighted by atomic mass is 16.6. The van der Waals surface area contributed by atoms with Crippen LogP contribution in [0.5, 0.6) is 0 Å². The molecule has 0 saturated carbocycles. The van der Waals surface area contributed by atoms with Gasteiger partial charge in [-0.3, -0.25) is 0 Å². The second-order valence-electron chi connectivity index (χ2n) is 6.31. The molecule has 19 heavy (non-hydrogen) atoms. The van der Waals surface area contributed by atoms with Crippen molar-refractivity contribution in [2.75, 3.05) is 0 Å². The average Bonchev–Trinajstić information content (AvgIpc) is 2.65. The zero-order valence-electron chi connectivity index (χ0n) is 12.5. The molecule has 2 rings (SSSR count). The van der Waals surface area contributed by atoms with Gasteiger partial charge in [-0.2, -0.15) is 0 Å². The third-order valence-corrected chi connectivity index (χ3v) is 3.65. The van der Waals surface area contributed by atoms with Gasteiger partial charge in [0.1, 0.15) is 13.4 Å². The first-order valence-electron chi connectivity index (χ1n) is 6.86. The van der Waals surface area contributed by atoms with Gasteiger partial charge in [0.2, 0.25) is 0 Å². The SMILES string of the molecule is Bc1ccc2c(c1C)CC[C@@H]2NC(=O)OC(C)(C)C. The van der Waals surface area contributed by atoms with Crippen LogP contribution in [0.15, 0.2) is 12.1 Å². The van der Waals surface area contributed by atoms with Crippen molar-refractivity contribution < 1.29 is 9.53 Å². The van der Waals surface area contributed by atoms with Crippen molar-refractivity contribution in [1.29, 1.82) is 0 Å². The van der Waals surface area contributed by atoms with Crippen molar-refractivity contribution in [3.63, 3.8) is 0 Å². The minimum absolute atomic E-state index is 0.0872. The van der Waals surface area contributed by atoms with Crippen molar-refractivity contribution in [2.45, 2.75) is 52.2 Å². The molecule has 1 amide bonds. The van der Waals surface area contributed by atoms with E-state index in [0.29, 0.717) is 0 Å². The molecule has 0 unspecified atom stereocenters. The number of carbonyl (C=O) groups excluding carboxylic acids is 1. The van der Waals surface area contributed by atoms with Crippen LogP contribution in [0.4, 0.5) is 4.79 Å². The van der Waals surface area contributed by atoms with Crippen molar-refractivity contribution in [2.24, 2.45) is 0 Å². The predicted molar refractivity (Wildman–Crippen MR) is 79.8 cm³/mol. The number of fused-ring (bicyclic) bond motifs is 1. The molecule has 0 aromatic heterocycles. The molecule has 1 atom stereocenters. The Bertz CT molecular complexity index is 506. The molecule has 0 bridgehead atoms. The Balaban J connectivity index is 2.11. The van der Waals surface area contributed by atoms with E-state index >= 15 is 0 Å². The van der Waals surface area contributed by atoms with Crippen LogP contribution >= 0.6 is 0 Å². The standard InChI is InChI=1S/C15H22BNO2/c1-9-10-6-8-13(11(10)5-7-12(9)16)17-14(18)19-15(2,3)4/h5,7,13H,6,8,16H2,1-4H3,(H,17,18)/t13-/m0/s1. The summed E-state index contributed by atoms with van der Waals surface area (Å²) in [5.74, 6) is 0. The molecule has 1 aromatic rings. The van der Waals surface area contributed by atoms with E-state index in [1.807, 2.05) is 20.8 Å². The minimum Gasteiger partial charge on any atom is -0.444 e. The molecule has 4 heteroatoms. The normalized spacial score (nSPS) is 18.0. The summed E-state index contributed by atoms with van der Waals surface area (Å²) in [5.41, 5.74) is 4.85. The molecule has 0 heterocycles. The Morgan fingerprint density at radius 1 is 1.42 bits per heavy atom. The second kappa shape index (κ2) is 4.91. The van der Waals surface area contributed by atoms with E-state index in [1.165, 1.54) is 22.2 Å². The molecule has 1 aromatic carbocycles. The Hall–Kier alpha value is -1.45. The van der Waals surface area contributed by atoms with Crippen molar-refractivity contribution in [3.8, 4) is 0 Å². The molecule has 0 aliphatic heterocycles. The molecule has 0 fully saturated rings. The highest BCUT2D eigenvalue weighted by Crippen LogP contribution is 2.32. The van der Waals surface area contributed by atoms with Crippen molar-refractivity contribution >= 4 is 19.4 Å². The minimum atomic E-state index is -0.450. The second-order valence-corrected chi connectivity index (χ2v) is 6.31. The number of carbonyl (C=O) groups is 1. The summed E-state index contributed by atoms with van der Waals surface area (Å²) in [6.07, 6.45) is 1.66. The summed E-state index contributed by atoms with van der Waals surface area (Å²) in [4.78, 5) is 11.8. The number of amides is 1. The Morgan fingerprint density at radius 2 is 2.11 bits per heavy atom. The van der Waals surface area contributed by atoms with Crippen LogP contribution in [-0.4, -0.2) is 19.5 Å². The molecule has 0 radical (unpaired) electrons. The third-order valence-electron chi connectivity index (χ3n) is 3.65. The van der Waals surface area contributed by atoms with Gasteiger partial charge >= 0.3 is 6.09 Å². The fourth-order valence-corrected chi connectivity index (χ4v) is 2.60. The van der Waals surface area contributed by atoms with Crippen LogP contribution in [0, 0.1) is 6.92 Å². The molecule has 3 nitrogen and oxygen atoms in total. The highest BCUT2D eigenvalue weighted by Gasteiger charge is 2.27. The van der Waals surface area contributed by atoms with Crippen molar-refractivity contribution in [3.05, 3.63) is 28.8 Å². The molecular weight excluding hydrogens is 237 g/mol. The summed E-state index contributed by atoms with van der Waals surface area (Å²) in [6.45, 7) is 7.79. The van der Waals surface area contributed by atoms with Crippen LogP contribution in [-0.2, 0) is 11.2 Å². The van der Waals surface area contributed by atoms with Crippen LogP contribution < -0.4 is 10.8 Å². The maximum Gasteiger partial charge on any atom is 0.408 e. The van der Waals surface area contributed by atoms with E-state index < -0.39 is 5.60 Å². The number of hydrogen-bond acceptors (Lipinski definition) is 2. The van der Waals surface area contributed by atoms with Gasteiger partial charge in [-0.25, -0.2) is 4.79 Å². The lowest BCUT2D eigenvalue weighted by molar-refractivity contribution is 0.0503. The van der Waals surface area contributed by atoms with Gasteiger partial charge in [-0.05, 0) is 51.7 Å². The first-order chi connectivity index (χ1) is 8.78. The summed E-state index contributed by atoms with van der Waals surface area (Å²) in [6, 6.07) is 4.35. The number of hydrogen-bond donors (Lipinski definition) is 1. The zero-order valence-corrected chi connectivity index (χ0v) is 12.5. The number of ether oxygens (including phenoxy) is 1. The summed E-state index contributed by atoms with van der Waals surface area (Å²) < 4.78 is 5.32. The monoisotopic (exact) mass is 259 g/mol. The molecule has 102 valence electrons. The third kappa shape index (κ3) is 3.11. The van der Waals surface area contributed by atoms with Gasteiger partial charge in [-0.1, -0.05) is 23.2 Å². The molecular formula is C15H22BNO2. The molecule has 1 aliphatic rings. The summed E-state index contributed by atoms with van der Waals surface area (Å²) in [5, 5.41) is 2.98. The van der Waals surface area contributed by atoms with Crippen LogP contribution in [0.2, 0.25) is 0 Å². The van der Waals surface area contributed by atoms with Gasteiger partial charge in [0.15, 0.2) is 0 Å². The summed E-state index contributed by atoms with van der Waals surface area (Å²) in [7, 11) is 2.13. The van der Waals surface area contributed by atoms with E-state index in [0.717, 1.165) is 12.8 Å². The Morgan fingerprint density at radius 3 is 2.74 bits per heavy atom. The predicted octanol–water partition coefficient (Wildman–Crippen LogP) is 1.77. The van der Waals surface area contributed by atoms with Gasteiger partial charge < -0.3 is 10.1 Å². The topological polar surface area (TPSA) is 38.3 Å². The fourth-order valence-electron chi connectivity index (χ4n) is 2.60.